The van der Waals surface area contributed by atoms with Gasteiger partial charge in [0.25, 0.3) is 6.33 Å². The minimum absolute atomic E-state index is 0. The summed E-state index contributed by atoms with van der Waals surface area (Å²) in [5.74, 6) is 1.72. The SMILES string of the molecule is [2H]c1c([2H])c([2H])c2c(oc3c([2H])c([2H])c(-c4cccc(-c5cc(C(C)(C)C)cc(C(C)(C)C)c5)c4-[n+]4[c-]n(-c5[c-]c(Oc6[c-]c7c(cc6)c6ccccc6n7-c6cc(C(C)(C)C)ccn6)ccc5)c5ccccc54)c([2H])c32)c1[2H].[Pt]. The number of hydrogen-bond donors (Lipinski definition) is 0. The number of ether oxygens (including phenoxy) is 1. The number of para-hydroxylation sites is 5. The zero-order valence-electron chi connectivity index (χ0n) is 49.1. The van der Waals surface area contributed by atoms with Gasteiger partial charge in [-0.25, -0.2) is 4.98 Å². The zero-order valence-corrected chi connectivity index (χ0v) is 44.4. The number of furan rings is 1. The van der Waals surface area contributed by atoms with Crippen LogP contribution in [0.25, 0.3) is 94.2 Å². The summed E-state index contributed by atoms with van der Waals surface area (Å²) in [6.45, 7) is 19.7. The van der Waals surface area contributed by atoms with Crippen LogP contribution in [0, 0.1) is 18.5 Å². The summed E-state index contributed by atoms with van der Waals surface area (Å²) < 4.78 is 82.4. The molecule has 7 heteroatoms. The predicted molar refractivity (Wildman–Crippen MR) is 294 cm³/mol. The van der Waals surface area contributed by atoms with Gasteiger partial charge in [-0.05, 0) is 103 Å². The molecule has 0 N–H and O–H groups in total. The summed E-state index contributed by atoms with van der Waals surface area (Å²) in [5.41, 5.74) is 9.25. The summed E-state index contributed by atoms with van der Waals surface area (Å²) in [6, 6.07) is 47.0. The average molecular weight is 1140 g/mol. The molecule has 364 valence electrons. The van der Waals surface area contributed by atoms with Crippen molar-refractivity contribution >= 4 is 54.8 Å². The molecule has 0 spiro atoms. The largest absolute Gasteiger partial charge is 0.510 e. The van der Waals surface area contributed by atoms with Gasteiger partial charge in [0, 0.05) is 55.1 Å². The average Bonchev–Trinajstić information content (AvgIpc) is 4.28. The molecule has 8 aromatic carbocycles. The molecule has 0 amide bonds. The van der Waals surface area contributed by atoms with E-state index in [1.807, 2.05) is 94.2 Å². The molecule has 0 radical (unpaired) electrons. The van der Waals surface area contributed by atoms with Gasteiger partial charge in [-0.2, -0.15) is 18.2 Å². The Kier molecular flexibility index (Phi) is 9.81. The van der Waals surface area contributed by atoms with Crippen molar-refractivity contribution in [2.45, 2.75) is 78.6 Å². The van der Waals surface area contributed by atoms with Gasteiger partial charge in [-0.15, -0.1) is 29.7 Å². The molecule has 0 saturated heterocycles. The fraction of sp³-hybridized carbons (Fsp3) is 0.182. The first-order valence-electron chi connectivity index (χ1n) is 27.8. The molecule has 0 atom stereocenters. The van der Waals surface area contributed by atoms with E-state index in [4.69, 9.17) is 19.6 Å². The van der Waals surface area contributed by atoms with Crippen LogP contribution in [-0.4, -0.2) is 14.1 Å². The number of nitrogens with zero attached hydrogens (tertiary/aromatic N) is 4. The van der Waals surface area contributed by atoms with Crippen molar-refractivity contribution in [1.82, 2.24) is 14.1 Å². The van der Waals surface area contributed by atoms with Gasteiger partial charge in [-0.3, -0.25) is 4.57 Å². The fourth-order valence-corrected chi connectivity index (χ4v) is 9.63. The second-order valence-corrected chi connectivity index (χ2v) is 21.6. The minimum Gasteiger partial charge on any atom is -0.510 e. The van der Waals surface area contributed by atoms with Crippen molar-refractivity contribution in [3.63, 3.8) is 0 Å². The van der Waals surface area contributed by atoms with Crippen LogP contribution >= 0.6 is 0 Å². The van der Waals surface area contributed by atoms with Crippen LogP contribution in [0.1, 0.15) is 88.6 Å². The van der Waals surface area contributed by atoms with Crippen LogP contribution < -0.4 is 9.30 Å². The van der Waals surface area contributed by atoms with E-state index >= 15 is 0 Å². The molecule has 0 bridgehead atoms. The van der Waals surface area contributed by atoms with Gasteiger partial charge >= 0.3 is 0 Å². The maximum atomic E-state index is 9.98. The monoisotopic (exact) mass is 1140 g/mol. The summed E-state index contributed by atoms with van der Waals surface area (Å²) in [7, 11) is 0. The van der Waals surface area contributed by atoms with Crippen LogP contribution in [0.15, 0.2) is 180 Å². The Bertz CT molecular complexity index is 4490. The number of rotatable bonds is 7. The number of imidazole rings is 1. The Morgan fingerprint density at radius 1 is 0.575 bits per heavy atom. The maximum Gasteiger partial charge on any atom is 0.268 e. The Hall–Kier alpha value is -7.53. The van der Waals surface area contributed by atoms with Crippen molar-refractivity contribution in [2.75, 3.05) is 0 Å². The molecule has 0 saturated carbocycles. The molecule has 73 heavy (non-hydrogen) atoms. The second kappa shape index (κ2) is 17.9. The van der Waals surface area contributed by atoms with Crippen LogP contribution in [0.5, 0.6) is 11.5 Å². The minimum atomic E-state index is -0.490. The molecular formula is C66H56N4O2Pt-2. The third kappa shape index (κ3) is 8.56. The molecule has 0 fully saturated rings. The third-order valence-corrected chi connectivity index (χ3v) is 13.6. The van der Waals surface area contributed by atoms with Crippen molar-refractivity contribution in [2.24, 2.45) is 0 Å². The molecular weight excluding hydrogens is 1080 g/mol. The smallest absolute Gasteiger partial charge is 0.268 e. The van der Waals surface area contributed by atoms with Crippen molar-refractivity contribution in [1.29, 1.82) is 0 Å². The maximum absolute atomic E-state index is 9.98. The van der Waals surface area contributed by atoms with E-state index < -0.39 is 18.1 Å². The topological polar surface area (TPSA) is 49.0 Å². The molecule has 4 heterocycles. The third-order valence-electron chi connectivity index (χ3n) is 13.6. The van der Waals surface area contributed by atoms with Gasteiger partial charge < -0.3 is 18.3 Å². The van der Waals surface area contributed by atoms with Crippen molar-refractivity contribution in [3.8, 4) is 50.9 Å². The van der Waals surface area contributed by atoms with E-state index in [1.165, 1.54) is 0 Å². The van der Waals surface area contributed by atoms with E-state index in [2.05, 4.69) is 134 Å². The van der Waals surface area contributed by atoms with Gasteiger partial charge in [0.2, 0.25) is 0 Å². The fourth-order valence-electron chi connectivity index (χ4n) is 9.63. The number of benzene rings is 8. The van der Waals surface area contributed by atoms with Crippen LogP contribution in [-0.2, 0) is 37.3 Å². The molecule has 4 aromatic heterocycles. The number of fused-ring (bicyclic) bond motifs is 7. The second-order valence-electron chi connectivity index (χ2n) is 21.6. The van der Waals surface area contributed by atoms with Gasteiger partial charge in [-0.1, -0.05) is 171 Å². The summed E-state index contributed by atoms with van der Waals surface area (Å²) >= 11 is 0. The van der Waals surface area contributed by atoms with E-state index in [0.717, 1.165) is 66.5 Å². The van der Waals surface area contributed by atoms with Gasteiger partial charge in [0.1, 0.15) is 17.0 Å². The molecule has 0 aliphatic heterocycles. The van der Waals surface area contributed by atoms with Crippen LogP contribution in [0.3, 0.4) is 0 Å². The van der Waals surface area contributed by atoms with Crippen LogP contribution in [0.4, 0.5) is 0 Å². The standard InChI is InChI=1S/C66H56N4O2.Pt/c1-64(2,3)44-32-33-67-62(38-44)70-56-24-12-10-20-52(56)53-30-29-49(40-59(53)70)71-48-19-16-18-47(39-48)68-41-69(58-26-14-13-25-57(58)68)63-50(42-28-31-61-55(36-42)54-21-11-15-27-60(54)72-61)22-17-23-51(63)43-34-45(65(4,5)6)37-46(35-43)66(7,8)9;/h10-38H,1-9H3;/q-2;/i11D,15D,21D,27D,28D,31D,36D;. The molecule has 0 aliphatic carbocycles. The van der Waals surface area contributed by atoms with Crippen molar-refractivity contribution < 1.29 is 44.4 Å². The first kappa shape index (κ1) is 40.0. The first-order chi connectivity index (χ1) is 37.5. The Morgan fingerprint density at radius 3 is 2.01 bits per heavy atom. The Balaban J connectivity index is 0.00000675. The summed E-state index contributed by atoms with van der Waals surface area (Å²) in [4.78, 5) is 4.85. The van der Waals surface area contributed by atoms with Gasteiger partial charge in [0.05, 0.1) is 26.3 Å². The number of aromatic nitrogens is 4. The van der Waals surface area contributed by atoms with Crippen LogP contribution in [0.2, 0.25) is 0 Å². The zero-order chi connectivity index (χ0) is 55.8. The quantitative estimate of drug-likeness (QED) is 0.118. The Morgan fingerprint density at radius 2 is 1.25 bits per heavy atom. The van der Waals surface area contributed by atoms with Gasteiger partial charge in [0.15, 0.2) is 0 Å². The normalized spacial score (nSPS) is 13.7. The predicted octanol–water partition coefficient (Wildman–Crippen LogP) is 16.7. The molecule has 0 unspecified atom stereocenters. The Labute approximate surface area is 451 Å². The van der Waals surface area contributed by atoms with E-state index in [0.29, 0.717) is 28.4 Å². The number of pyridine rings is 1. The number of hydrogen-bond acceptors (Lipinski definition) is 3. The molecule has 6 nitrogen and oxygen atoms in total. The van der Waals surface area contributed by atoms with E-state index in [9.17, 15) is 4.11 Å². The first-order valence-corrected chi connectivity index (χ1v) is 24.3. The van der Waals surface area contributed by atoms with E-state index in [1.54, 1.807) is 0 Å². The molecule has 12 rings (SSSR count). The summed E-state index contributed by atoms with van der Waals surface area (Å²) in [6.07, 6.45) is 5.55. The van der Waals surface area contributed by atoms with E-state index in [-0.39, 0.29) is 89.0 Å². The molecule has 12 aromatic rings. The summed E-state index contributed by atoms with van der Waals surface area (Å²) in [5, 5.41) is 2.11. The molecule has 0 aliphatic rings. The van der Waals surface area contributed by atoms with Crippen molar-refractivity contribution in [3.05, 3.63) is 211 Å².